The van der Waals surface area contributed by atoms with Crippen molar-refractivity contribution in [2.45, 2.75) is 30.4 Å². The SMILES string of the molecule is O=C(Cc1ccccc1)S[C@]12CCC[C@H]1C(=O)NC2=O. The normalized spacial score (nSPS) is 28.3. The van der Waals surface area contributed by atoms with Crippen LogP contribution in [0.4, 0.5) is 0 Å². The molecule has 1 aromatic rings. The van der Waals surface area contributed by atoms with Crippen LogP contribution < -0.4 is 5.32 Å². The molecular formula is C15H15NO3S. The van der Waals surface area contributed by atoms with Crippen LogP contribution in [0.5, 0.6) is 0 Å². The van der Waals surface area contributed by atoms with Crippen molar-refractivity contribution in [1.29, 1.82) is 0 Å². The molecule has 1 aliphatic heterocycles. The van der Waals surface area contributed by atoms with Crippen LogP contribution >= 0.6 is 11.8 Å². The van der Waals surface area contributed by atoms with E-state index in [1.54, 1.807) is 0 Å². The van der Waals surface area contributed by atoms with Crippen molar-refractivity contribution in [3.63, 3.8) is 0 Å². The predicted octanol–water partition coefficient (Wildman–Crippen LogP) is 1.68. The highest BCUT2D eigenvalue weighted by Crippen LogP contribution is 2.49. The molecule has 0 bridgehead atoms. The molecule has 1 heterocycles. The highest BCUT2D eigenvalue weighted by atomic mass is 32.2. The molecule has 2 amide bonds. The highest BCUT2D eigenvalue weighted by molar-refractivity contribution is 8.15. The maximum Gasteiger partial charge on any atom is 0.244 e. The maximum absolute atomic E-state index is 12.2. The number of benzene rings is 1. The Kier molecular flexibility index (Phi) is 3.38. The third kappa shape index (κ3) is 2.16. The van der Waals surface area contributed by atoms with Gasteiger partial charge >= 0.3 is 0 Å². The first-order valence-corrected chi connectivity index (χ1v) is 7.54. The topological polar surface area (TPSA) is 63.2 Å². The molecule has 1 saturated heterocycles. The van der Waals surface area contributed by atoms with Gasteiger partial charge in [0.25, 0.3) is 0 Å². The third-order valence-electron chi connectivity index (χ3n) is 4.03. The Morgan fingerprint density at radius 2 is 2.05 bits per heavy atom. The van der Waals surface area contributed by atoms with E-state index in [1.807, 2.05) is 30.3 Å². The van der Waals surface area contributed by atoms with Gasteiger partial charge in [-0.25, -0.2) is 0 Å². The minimum Gasteiger partial charge on any atom is -0.295 e. The zero-order chi connectivity index (χ0) is 14.2. The van der Waals surface area contributed by atoms with Gasteiger partial charge in [-0.2, -0.15) is 0 Å². The Morgan fingerprint density at radius 3 is 2.80 bits per heavy atom. The van der Waals surface area contributed by atoms with Gasteiger partial charge in [0.2, 0.25) is 11.8 Å². The smallest absolute Gasteiger partial charge is 0.244 e. The van der Waals surface area contributed by atoms with Crippen LogP contribution in [0.1, 0.15) is 24.8 Å². The number of nitrogens with one attached hydrogen (secondary N) is 1. The van der Waals surface area contributed by atoms with Crippen LogP contribution in [-0.2, 0) is 20.8 Å². The number of imide groups is 1. The Labute approximate surface area is 121 Å². The van der Waals surface area contributed by atoms with Gasteiger partial charge in [0.15, 0.2) is 5.12 Å². The van der Waals surface area contributed by atoms with E-state index in [1.165, 1.54) is 0 Å². The first-order chi connectivity index (χ1) is 9.62. The highest BCUT2D eigenvalue weighted by Gasteiger charge is 2.59. The molecule has 0 radical (unpaired) electrons. The van der Waals surface area contributed by atoms with Gasteiger partial charge in [0.1, 0.15) is 4.75 Å². The third-order valence-corrected chi connectivity index (χ3v) is 5.44. The number of rotatable bonds is 3. The second-order valence-corrected chi connectivity index (χ2v) is 6.68. The molecule has 0 unspecified atom stereocenters. The van der Waals surface area contributed by atoms with E-state index in [9.17, 15) is 14.4 Å². The number of carbonyl (C=O) groups excluding carboxylic acids is 3. The second kappa shape index (κ2) is 5.05. The Morgan fingerprint density at radius 1 is 1.30 bits per heavy atom. The zero-order valence-corrected chi connectivity index (χ0v) is 11.7. The van der Waals surface area contributed by atoms with Crippen molar-refractivity contribution in [3.8, 4) is 0 Å². The lowest BCUT2D eigenvalue weighted by Gasteiger charge is -2.22. The molecule has 2 atom stereocenters. The molecule has 1 aromatic carbocycles. The zero-order valence-electron chi connectivity index (χ0n) is 10.9. The minimum absolute atomic E-state index is 0.0482. The summed E-state index contributed by atoms with van der Waals surface area (Å²) in [7, 11) is 0. The number of hydrogen-bond donors (Lipinski definition) is 1. The predicted molar refractivity (Wildman–Crippen MR) is 76.0 cm³/mol. The van der Waals surface area contributed by atoms with Crippen molar-refractivity contribution >= 4 is 28.7 Å². The molecule has 4 nitrogen and oxygen atoms in total. The lowest BCUT2D eigenvalue weighted by Crippen LogP contribution is -2.37. The average molecular weight is 289 g/mol. The van der Waals surface area contributed by atoms with E-state index in [2.05, 4.69) is 5.32 Å². The van der Waals surface area contributed by atoms with Crippen LogP contribution in [0, 0.1) is 5.92 Å². The van der Waals surface area contributed by atoms with Gasteiger partial charge in [-0.05, 0) is 18.4 Å². The minimum atomic E-state index is -0.844. The van der Waals surface area contributed by atoms with Gasteiger partial charge < -0.3 is 0 Å². The van der Waals surface area contributed by atoms with Crippen LogP contribution in [0.15, 0.2) is 30.3 Å². The summed E-state index contributed by atoms with van der Waals surface area (Å²) in [6.45, 7) is 0. The van der Waals surface area contributed by atoms with E-state index in [-0.39, 0.29) is 22.8 Å². The number of fused-ring (bicyclic) bond motifs is 1. The molecule has 20 heavy (non-hydrogen) atoms. The fourth-order valence-electron chi connectivity index (χ4n) is 3.07. The van der Waals surface area contributed by atoms with E-state index in [4.69, 9.17) is 0 Å². The molecule has 1 N–H and O–H groups in total. The summed E-state index contributed by atoms with van der Waals surface area (Å²) in [5, 5.41) is 2.33. The average Bonchev–Trinajstić information content (AvgIpc) is 2.92. The summed E-state index contributed by atoms with van der Waals surface area (Å²) in [4.78, 5) is 36.1. The Balaban J connectivity index is 1.75. The van der Waals surface area contributed by atoms with Crippen molar-refractivity contribution in [2.75, 3.05) is 0 Å². The molecule has 1 aliphatic carbocycles. The number of carbonyl (C=O) groups is 3. The summed E-state index contributed by atoms with van der Waals surface area (Å²) in [6, 6.07) is 9.45. The fourth-order valence-corrected chi connectivity index (χ4v) is 4.47. The van der Waals surface area contributed by atoms with Crippen molar-refractivity contribution in [2.24, 2.45) is 5.92 Å². The van der Waals surface area contributed by atoms with Crippen LogP contribution in [-0.4, -0.2) is 21.7 Å². The molecule has 2 aliphatic rings. The number of hydrogen-bond acceptors (Lipinski definition) is 4. The van der Waals surface area contributed by atoms with E-state index in [0.29, 0.717) is 19.3 Å². The van der Waals surface area contributed by atoms with Crippen molar-refractivity contribution in [3.05, 3.63) is 35.9 Å². The maximum atomic E-state index is 12.2. The van der Waals surface area contributed by atoms with Gasteiger partial charge in [-0.1, -0.05) is 48.5 Å². The summed E-state index contributed by atoms with van der Waals surface area (Å²) in [5.74, 6) is -0.830. The van der Waals surface area contributed by atoms with Crippen LogP contribution in [0.2, 0.25) is 0 Å². The van der Waals surface area contributed by atoms with E-state index >= 15 is 0 Å². The van der Waals surface area contributed by atoms with E-state index < -0.39 is 4.75 Å². The molecular weight excluding hydrogens is 274 g/mol. The molecule has 104 valence electrons. The van der Waals surface area contributed by atoms with Crippen molar-refractivity contribution < 1.29 is 14.4 Å². The summed E-state index contributed by atoms with van der Waals surface area (Å²) >= 11 is 1.06. The molecule has 0 aromatic heterocycles. The Hall–Kier alpha value is -1.62. The first-order valence-electron chi connectivity index (χ1n) is 6.73. The number of thioether (sulfide) groups is 1. The van der Waals surface area contributed by atoms with Crippen molar-refractivity contribution in [1.82, 2.24) is 5.32 Å². The van der Waals surface area contributed by atoms with Gasteiger partial charge in [0, 0.05) is 6.42 Å². The summed E-state index contributed by atoms with van der Waals surface area (Å²) in [5.41, 5.74) is 0.931. The molecule has 5 heteroatoms. The van der Waals surface area contributed by atoms with Gasteiger partial charge in [-0.3, -0.25) is 19.7 Å². The van der Waals surface area contributed by atoms with Gasteiger partial charge in [0.05, 0.1) is 5.92 Å². The first kappa shape index (κ1) is 13.4. The molecule has 1 saturated carbocycles. The Bertz CT molecular complexity index is 572. The molecule has 3 rings (SSSR count). The fraction of sp³-hybridized carbons (Fsp3) is 0.400. The molecule has 0 spiro atoms. The number of amides is 2. The lowest BCUT2D eigenvalue weighted by atomic mass is 9.98. The monoisotopic (exact) mass is 289 g/mol. The lowest BCUT2D eigenvalue weighted by molar-refractivity contribution is -0.126. The summed E-state index contributed by atoms with van der Waals surface area (Å²) in [6.07, 6.45) is 2.43. The van der Waals surface area contributed by atoms with E-state index in [0.717, 1.165) is 23.7 Å². The largest absolute Gasteiger partial charge is 0.295 e. The van der Waals surface area contributed by atoms with Gasteiger partial charge in [-0.15, -0.1) is 0 Å². The summed E-state index contributed by atoms with van der Waals surface area (Å²) < 4.78 is -0.844. The second-order valence-electron chi connectivity index (χ2n) is 5.29. The molecule has 2 fully saturated rings. The van der Waals surface area contributed by atoms with Crippen LogP contribution in [0.3, 0.4) is 0 Å². The quantitative estimate of drug-likeness (QED) is 0.860. The standard InChI is InChI=1S/C15H15NO3S/c17-12(9-10-5-2-1-3-6-10)20-15-8-4-7-11(15)13(18)16-14(15)19/h1-3,5-6,11H,4,7-9H2,(H,16,18,19)/t11-,15+/m0/s1. The van der Waals surface area contributed by atoms with Crippen LogP contribution in [0.25, 0.3) is 0 Å².